The number of rotatable bonds is 4. The third kappa shape index (κ3) is 3.85. The second-order valence-electron chi connectivity index (χ2n) is 5.60. The Hall–Kier alpha value is -1.77. The molecule has 0 spiro atoms. The first-order valence-electron chi connectivity index (χ1n) is 6.47. The molecule has 0 saturated carbocycles. The van der Waals surface area contributed by atoms with Crippen molar-refractivity contribution in [1.82, 2.24) is 0 Å². The van der Waals surface area contributed by atoms with Crippen LogP contribution < -0.4 is 4.74 Å². The zero-order valence-corrected chi connectivity index (χ0v) is 12.1. The molecule has 0 bridgehead atoms. The molecule has 1 unspecified atom stereocenters. The standard InChI is InChI=1S/C16H22O3/c1-6-11(7-2)15(18)19-12-8-9-14(17)13(10-12)16(3,4)5/h6,8-11,17H,1,7H2,2-5H3. The van der Waals surface area contributed by atoms with Crippen LogP contribution in [0.3, 0.4) is 0 Å². The predicted molar refractivity (Wildman–Crippen MR) is 76.4 cm³/mol. The van der Waals surface area contributed by atoms with E-state index < -0.39 is 0 Å². The Bertz CT molecular complexity index is 469. The fraction of sp³-hybridized carbons (Fsp3) is 0.438. The van der Waals surface area contributed by atoms with E-state index >= 15 is 0 Å². The molecule has 0 saturated heterocycles. The lowest BCUT2D eigenvalue weighted by atomic mass is 9.86. The highest BCUT2D eigenvalue weighted by Crippen LogP contribution is 2.33. The summed E-state index contributed by atoms with van der Waals surface area (Å²) in [6.45, 7) is 11.5. The van der Waals surface area contributed by atoms with Crippen LogP contribution >= 0.6 is 0 Å². The van der Waals surface area contributed by atoms with Gasteiger partial charge in [-0.2, -0.15) is 0 Å². The molecule has 0 aliphatic rings. The molecule has 19 heavy (non-hydrogen) atoms. The Morgan fingerprint density at radius 2 is 2.11 bits per heavy atom. The number of aromatic hydroxyl groups is 1. The zero-order valence-electron chi connectivity index (χ0n) is 12.1. The quantitative estimate of drug-likeness (QED) is 0.510. The molecule has 1 aromatic rings. The molecular formula is C16H22O3. The average Bonchev–Trinajstić information content (AvgIpc) is 2.31. The van der Waals surface area contributed by atoms with Crippen molar-refractivity contribution in [3.63, 3.8) is 0 Å². The van der Waals surface area contributed by atoms with E-state index in [1.807, 2.05) is 27.7 Å². The van der Waals surface area contributed by atoms with Gasteiger partial charge in [0.05, 0.1) is 5.92 Å². The topological polar surface area (TPSA) is 46.5 Å². The van der Waals surface area contributed by atoms with E-state index in [9.17, 15) is 9.90 Å². The summed E-state index contributed by atoms with van der Waals surface area (Å²) in [5.41, 5.74) is 0.541. The van der Waals surface area contributed by atoms with Gasteiger partial charge in [-0.1, -0.05) is 33.8 Å². The number of benzene rings is 1. The van der Waals surface area contributed by atoms with Crippen molar-refractivity contribution in [1.29, 1.82) is 0 Å². The van der Waals surface area contributed by atoms with E-state index in [1.54, 1.807) is 24.3 Å². The van der Waals surface area contributed by atoms with Gasteiger partial charge in [0.15, 0.2) is 0 Å². The Morgan fingerprint density at radius 1 is 1.47 bits per heavy atom. The lowest BCUT2D eigenvalue weighted by Crippen LogP contribution is -2.18. The smallest absolute Gasteiger partial charge is 0.318 e. The predicted octanol–water partition coefficient (Wildman–Crippen LogP) is 3.81. The summed E-state index contributed by atoms with van der Waals surface area (Å²) in [5.74, 6) is 0.0472. The second-order valence-corrected chi connectivity index (χ2v) is 5.60. The molecule has 1 aromatic carbocycles. The monoisotopic (exact) mass is 262 g/mol. The van der Waals surface area contributed by atoms with Crippen molar-refractivity contribution < 1.29 is 14.6 Å². The highest BCUT2D eigenvalue weighted by molar-refractivity contribution is 5.76. The van der Waals surface area contributed by atoms with E-state index in [4.69, 9.17) is 4.74 Å². The second kappa shape index (κ2) is 5.91. The van der Waals surface area contributed by atoms with Crippen LogP contribution in [0.25, 0.3) is 0 Å². The molecular weight excluding hydrogens is 240 g/mol. The molecule has 0 aliphatic carbocycles. The summed E-state index contributed by atoms with van der Waals surface area (Å²) in [5, 5.41) is 9.85. The minimum absolute atomic E-state index is 0.211. The van der Waals surface area contributed by atoms with Gasteiger partial charge < -0.3 is 9.84 Å². The number of carbonyl (C=O) groups is 1. The first-order valence-corrected chi connectivity index (χ1v) is 6.47. The van der Waals surface area contributed by atoms with E-state index in [-0.39, 0.29) is 23.1 Å². The van der Waals surface area contributed by atoms with Crippen molar-refractivity contribution in [2.45, 2.75) is 39.5 Å². The third-order valence-electron chi connectivity index (χ3n) is 3.02. The minimum atomic E-state index is -0.317. The molecule has 1 atom stereocenters. The van der Waals surface area contributed by atoms with Gasteiger partial charge in [0.2, 0.25) is 0 Å². The molecule has 3 heteroatoms. The van der Waals surface area contributed by atoms with Gasteiger partial charge >= 0.3 is 5.97 Å². The van der Waals surface area contributed by atoms with Crippen LogP contribution in [0.2, 0.25) is 0 Å². The molecule has 1 N–H and O–H groups in total. The number of esters is 1. The lowest BCUT2D eigenvalue weighted by Gasteiger charge is -2.21. The van der Waals surface area contributed by atoms with Gasteiger partial charge in [-0.05, 0) is 30.0 Å². The SMILES string of the molecule is C=CC(CC)C(=O)Oc1ccc(O)c(C(C)(C)C)c1. The average molecular weight is 262 g/mol. The normalized spacial score (nSPS) is 12.8. The number of ether oxygens (including phenoxy) is 1. The van der Waals surface area contributed by atoms with E-state index in [0.29, 0.717) is 12.2 Å². The molecule has 0 aromatic heterocycles. The molecule has 0 radical (unpaired) electrons. The Kier molecular flexibility index (Phi) is 4.76. The molecule has 0 aliphatic heterocycles. The first kappa shape index (κ1) is 15.3. The number of phenolic OH excluding ortho intramolecular Hbond substituents is 1. The molecule has 1 rings (SSSR count). The van der Waals surface area contributed by atoms with Gasteiger partial charge in [0, 0.05) is 5.56 Å². The van der Waals surface area contributed by atoms with Gasteiger partial charge in [-0.3, -0.25) is 4.79 Å². The fourth-order valence-corrected chi connectivity index (χ4v) is 1.80. The van der Waals surface area contributed by atoms with Crippen LogP contribution in [0.15, 0.2) is 30.9 Å². The van der Waals surface area contributed by atoms with Crippen molar-refractivity contribution in [2.24, 2.45) is 5.92 Å². The van der Waals surface area contributed by atoms with Gasteiger partial charge in [-0.25, -0.2) is 0 Å². The molecule has 0 fully saturated rings. The largest absolute Gasteiger partial charge is 0.508 e. The number of hydrogen-bond donors (Lipinski definition) is 1. The van der Waals surface area contributed by atoms with Crippen LogP contribution in [0.4, 0.5) is 0 Å². The summed E-state index contributed by atoms with van der Waals surface area (Å²) in [7, 11) is 0. The lowest BCUT2D eigenvalue weighted by molar-refractivity contribution is -0.137. The van der Waals surface area contributed by atoms with Gasteiger partial charge in [-0.15, -0.1) is 6.58 Å². The van der Waals surface area contributed by atoms with Crippen LogP contribution in [-0.2, 0) is 10.2 Å². The third-order valence-corrected chi connectivity index (χ3v) is 3.02. The molecule has 104 valence electrons. The zero-order chi connectivity index (χ0) is 14.6. The van der Waals surface area contributed by atoms with Crippen LogP contribution in [0.5, 0.6) is 11.5 Å². The van der Waals surface area contributed by atoms with Crippen molar-refractivity contribution in [3.05, 3.63) is 36.4 Å². The van der Waals surface area contributed by atoms with E-state index in [2.05, 4.69) is 6.58 Å². The van der Waals surface area contributed by atoms with E-state index in [1.165, 1.54) is 0 Å². The molecule has 3 nitrogen and oxygen atoms in total. The molecule has 0 amide bonds. The fourth-order valence-electron chi connectivity index (χ4n) is 1.80. The van der Waals surface area contributed by atoms with Crippen LogP contribution in [-0.4, -0.2) is 11.1 Å². The number of carbonyl (C=O) groups excluding carboxylic acids is 1. The highest BCUT2D eigenvalue weighted by Gasteiger charge is 2.20. The maximum absolute atomic E-state index is 11.9. The number of phenols is 1. The highest BCUT2D eigenvalue weighted by atomic mass is 16.5. The van der Waals surface area contributed by atoms with Crippen LogP contribution in [0.1, 0.15) is 39.7 Å². The Morgan fingerprint density at radius 3 is 2.58 bits per heavy atom. The summed E-state index contributed by atoms with van der Waals surface area (Å²) < 4.78 is 5.33. The maximum Gasteiger partial charge on any atom is 0.318 e. The first-order chi connectivity index (χ1) is 8.79. The summed E-state index contributed by atoms with van der Waals surface area (Å²) in [4.78, 5) is 11.9. The number of hydrogen-bond acceptors (Lipinski definition) is 3. The van der Waals surface area contributed by atoms with Crippen LogP contribution in [0, 0.1) is 5.92 Å². The molecule has 0 heterocycles. The Labute approximate surface area is 114 Å². The maximum atomic E-state index is 11.9. The van der Waals surface area contributed by atoms with Gasteiger partial charge in [0.25, 0.3) is 0 Å². The van der Waals surface area contributed by atoms with Crippen molar-refractivity contribution in [2.75, 3.05) is 0 Å². The Balaban J connectivity index is 2.98. The summed E-state index contributed by atoms with van der Waals surface area (Å²) in [6, 6.07) is 4.86. The van der Waals surface area contributed by atoms with Gasteiger partial charge in [0.1, 0.15) is 11.5 Å². The minimum Gasteiger partial charge on any atom is -0.508 e. The summed E-state index contributed by atoms with van der Waals surface area (Å²) >= 11 is 0. The summed E-state index contributed by atoms with van der Waals surface area (Å²) in [6.07, 6.45) is 2.25. The van der Waals surface area contributed by atoms with Crippen molar-refractivity contribution in [3.8, 4) is 11.5 Å². The van der Waals surface area contributed by atoms with E-state index in [0.717, 1.165) is 5.56 Å². The van der Waals surface area contributed by atoms with Crippen molar-refractivity contribution >= 4 is 5.97 Å².